The predicted molar refractivity (Wildman–Crippen MR) is 50.9 cm³/mol. The Bertz CT molecular complexity index is 385. The minimum atomic E-state index is -2.62. The number of pyridine rings is 1. The second kappa shape index (κ2) is 4.47. The molecule has 5 heteroatoms. The van der Waals surface area contributed by atoms with E-state index in [0.717, 1.165) is 0 Å². The van der Waals surface area contributed by atoms with Crippen molar-refractivity contribution in [3.8, 4) is 6.07 Å². The first kappa shape index (κ1) is 11.1. The van der Waals surface area contributed by atoms with E-state index in [2.05, 4.69) is 20.9 Å². The van der Waals surface area contributed by atoms with Crippen LogP contribution < -0.4 is 0 Å². The van der Waals surface area contributed by atoms with Gasteiger partial charge in [0, 0.05) is 10.2 Å². The molecule has 0 spiro atoms. The lowest BCUT2D eigenvalue weighted by Crippen LogP contribution is -1.99. The topological polar surface area (TPSA) is 36.7 Å². The third-order valence-corrected chi connectivity index (χ3v) is 2.58. The molecule has 1 aromatic heterocycles. The molecule has 74 valence electrons. The molecule has 0 atom stereocenters. The van der Waals surface area contributed by atoms with Crippen LogP contribution in [0, 0.1) is 18.3 Å². The van der Waals surface area contributed by atoms with Crippen molar-refractivity contribution in [2.75, 3.05) is 0 Å². The first-order valence-corrected chi connectivity index (χ1v) is 4.66. The van der Waals surface area contributed by atoms with Gasteiger partial charge in [0.15, 0.2) is 0 Å². The van der Waals surface area contributed by atoms with E-state index in [1.165, 1.54) is 0 Å². The molecule has 1 aromatic rings. The van der Waals surface area contributed by atoms with Crippen molar-refractivity contribution >= 4 is 15.9 Å². The Labute approximate surface area is 88.7 Å². The van der Waals surface area contributed by atoms with Crippen molar-refractivity contribution in [2.45, 2.75) is 19.8 Å². The summed E-state index contributed by atoms with van der Waals surface area (Å²) in [4.78, 5) is 3.71. The molecule has 1 heterocycles. The average Bonchev–Trinajstić information content (AvgIpc) is 2.10. The van der Waals surface area contributed by atoms with E-state index in [1.807, 2.05) is 6.07 Å². The second-order valence-corrected chi connectivity index (χ2v) is 3.55. The van der Waals surface area contributed by atoms with E-state index in [-0.39, 0.29) is 16.6 Å². The summed E-state index contributed by atoms with van der Waals surface area (Å²) in [7, 11) is 0. The van der Waals surface area contributed by atoms with Crippen molar-refractivity contribution in [1.29, 1.82) is 5.26 Å². The molecule has 0 saturated heterocycles. The van der Waals surface area contributed by atoms with Gasteiger partial charge in [-0.1, -0.05) is 0 Å². The lowest BCUT2D eigenvalue weighted by molar-refractivity contribution is 0.145. The van der Waals surface area contributed by atoms with Crippen LogP contribution in [0.15, 0.2) is 10.5 Å². The molecule has 0 amide bonds. The van der Waals surface area contributed by atoms with Gasteiger partial charge in [-0.3, -0.25) is 4.98 Å². The lowest BCUT2D eigenvalue weighted by Gasteiger charge is -2.07. The third-order valence-electron chi connectivity index (χ3n) is 1.66. The summed E-state index contributed by atoms with van der Waals surface area (Å²) in [6.45, 7) is 1.62. The quantitative estimate of drug-likeness (QED) is 0.819. The number of aromatic nitrogens is 1. The normalized spacial score (nSPS) is 10.3. The van der Waals surface area contributed by atoms with Gasteiger partial charge in [-0.15, -0.1) is 0 Å². The van der Waals surface area contributed by atoms with Crippen LogP contribution in [0.5, 0.6) is 0 Å². The third kappa shape index (κ3) is 2.26. The zero-order chi connectivity index (χ0) is 10.7. The Kier molecular flexibility index (Phi) is 3.53. The van der Waals surface area contributed by atoms with E-state index >= 15 is 0 Å². The Morgan fingerprint density at radius 3 is 2.79 bits per heavy atom. The molecular weight excluding hydrogens is 254 g/mol. The molecular formula is C9H7BrF2N2. The fraction of sp³-hybridized carbons (Fsp3) is 0.333. The summed E-state index contributed by atoms with van der Waals surface area (Å²) in [6, 6.07) is 3.54. The van der Waals surface area contributed by atoms with Gasteiger partial charge in [0.1, 0.15) is 5.69 Å². The number of hydrogen-bond donors (Lipinski definition) is 0. The molecule has 0 aromatic carbocycles. The fourth-order valence-electron chi connectivity index (χ4n) is 1.11. The number of nitriles is 1. The summed E-state index contributed by atoms with van der Waals surface area (Å²) in [6.07, 6.45) is -2.52. The molecule has 0 saturated carbocycles. The van der Waals surface area contributed by atoms with Gasteiger partial charge < -0.3 is 0 Å². The molecule has 0 fully saturated rings. The predicted octanol–water partition coefficient (Wildman–Crippen LogP) is 3.16. The lowest BCUT2D eigenvalue weighted by atomic mass is 10.1. The highest BCUT2D eigenvalue weighted by molar-refractivity contribution is 9.10. The van der Waals surface area contributed by atoms with E-state index in [4.69, 9.17) is 5.26 Å². The van der Waals surface area contributed by atoms with Crippen LogP contribution >= 0.6 is 15.9 Å². The van der Waals surface area contributed by atoms with Crippen molar-refractivity contribution in [2.24, 2.45) is 0 Å². The van der Waals surface area contributed by atoms with Crippen LogP contribution in [0.4, 0.5) is 8.78 Å². The number of aryl methyl sites for hydroxylation is 1. The number of rotatable bonds is 2. The van der Waals surface area contributed by atoms with Gasteiger partial charge >= 0.3 is 0 Å². The van der Waals surface area contributed by atoms with Gasteiger partial charge in [-0.25, -0.2) is 8.78 Å². The summed E-state index contributed by atoms with van der Waals surface area (Å²) in [5.74, 6) is 0. The number of alkyl halides is 2. The Morgan fingerprint density at radius 2 is 2.29 bits per heavy atom. The summed E-state index contributed by atoms with van der Waals surface area (Å²) >= 11 is 3.02. The van der Waals surface area contributed by atoms with E-state index in [0.29, 0.717) is 11.3 Å². The zero-order valence-electron chi connectivity index (χ0n) is 7.39. The maximum atomic E-state index is 12.5. The summed E-state index contributed by atoms with van der Waals surface area (Å²) in [5.41, 5.74) is 0.749. The Hall–Kier alpha value is -1.02. The molecule has 1 rings (SSSR count). The standard InChI is InChI=1S/C9H7BrF2N2/c1-5-4-6(2-3-13)7(10)8(14-5)9(11)12/h4,9H,2H2,1H3. The summed E-state index contributed by atoms with van der Waals surface area (Å²) < 4.78 is 25.1. The highest BCUT2D eigenvalue weighted by Crippen LogP contribution is 2.29. The largest absolute Gasteiger partial charge is 0.281 e. The Morgan fingerprint density at radius 1 is 1.64 bits per heavy atom. The summed E-state index contributed by atoms with van der Waals surface area (Å²) in [5, 5.41) is 8.49. The smallest absolute Gasteiger partial charge is 0.251 e. The SMILES string of the molecule is Cc1cc(CC#N)c(Br)c(C(F)F)n1. The minimum Gasteiger partial charge on any atom is -0.251 e. The van der Waals surface area contributed by atoms with Crippen molar-refractivity contribution in [3.05, 3.63) is 27.5 Å². The van der Waals surface area contributed by atoms with Crippen molar-refractivity contribution in [1.82, 2.24) is 4.98 Å². The molecule has 14 heavy (non-hydrogen) atoms. The molecule has 2 nitrogen and oxygen atoms in total. The van der Waals surface area contributed by atoms with Crippen LogP contribution in [-0.2, 0) is 6.42 Å². The fourth-order valence-corrected chi connectivity index (χ4v) is 1.63. The van der Waals surface area contributed by atoms with Gasteiger partial charge in [0.2, 0.25) is 0 Å². The van der Waals surface area contributed by atoms with Crippen LogP contribution in [0.3, 0.4) is 0 Å². The molecule has 0 aliphatic carbocycles. The van der Waals surface area contributed by atoms with E-state index in [1.54, 1.807) is 13.0 Å². The highest BCUT2D eigenvalue weighted by atomic mass is 79.9. The molecule has 0 unspecified atom stereocenters. The molecule has 0 radical (unpaired) electrons. The van der Waals surface area contributed by atoms with Crippen LogP contribution in [0.1, 0.15) is 23.4 Å². The Balaban J connectivity index is 3.26. The van der Waals surface area contributed by atoms with Crippen LogP contribution in [0.25, 0.3) is 0 Å². The molecule has 0 N–H and O–H groups in total. The van der Waals surface area contributed by atoms with E-state index in [9.17, 15) is 8.78 Å². The number of halogens is 3. The molecule has 0 aliphatic heterocycles. The van der Waals surface area contributed by atoms with Gasteiger partial charge in [-0.2, -0.15) is 5.26 Å². The van der Waals surface area contributed by atoms with Crippen LogP contribution in [0.2, 0.25) is 0 Å². The first-order chi connectivity index (χ1) is 6.56. The van der Waals surface area contributed by atoms with Crippen molar-refractivity contribution in [3.63, 3.8) is 0 Å². The van der Waals surface area contributed by atoms with Gasteiger partial charge in [0.25, 0.3) is 6.43 Å². The minimum absolute atomic E-state index is 0.101. The maximum absolute atomic E-state index is 12.5. The second-order valence-electron chi connectivity index (χ2n) is 2.76. The van der Waals surface area contributed by atoms with Crippen LogP contribution in [-0.4, -0.2) is 4.98 Å². The van der Waals surface area contributed by atoms with Gasteiger partial charge in [-0.05, 0) is 34.5 Å². The average molecular weight is 261 g/mol. The first-order valence-electron chi connectivity index (χ1n) is 3.87. The number of hydrogen-bond acceptors (Lipinski definition) is 2. The van der Waals surface area contributed by atoms with Crippen molar-refractivity contribution < 1.29 is 8.78 Å². The monoisotopic (exact) mass is 260 g/mol. The van der Waals surface area contributed by atoms with E-state index < -0.39 is 6.43 Å². The molecule has 0 aliphatic rings. The highest BCUT2D eigenvalue weighted by Gasteiger charge is 2.16. The zero-order valence-corrected chi connectivity index (χ0v) is 8.98. The molecule has 0 bridgehead atoms. The number of nitrogens with zero attached hydrogens (tertiary/aromatic N) is 2. The van der Waals surface area contributed by atoms with Gasteiger partial charge in [0.05, 0.1) is 12.5 Å². The maximum Gasteiger partial charge on any atom is 0.281 e.